The number of hydrazine groups is 1. The molecule has 0 amide bonds. The summed E-state index contributed by atoms with van der Waals surface area (Å²) in [7, 11) is 3.93. The maximum absolute atomic E-state index is 12.2. The van der Waals surface area contributed by atoms with Crippen molar-refractivity contribution in [2.45, 2.75) is 6.54 Å². The Balaban J connectivity index is 2.07. The van der Waals surface area contributed by atoms with Crippen LogP contribution >= 0.6 is 15.9 Å². The molecule has 0 saturated carbocycles. The van der Waals surface area contributed by atoms with Gasteiger partial charge in [-0.3, -0.25) is 4.79 Å². The number of ether oxygens (including phenoxy) is 1. The monoisotopic (exact) mass is 345 g/mol. The van der Waals surface area contributed by atoms with E-state index in [0.29, 0.717) is 29.9 Å². The number of aromatic nitrogens is 2. The average molecular weight is 346 g/mol. The lowest BCUT2D eigenvalue weighted by molar-refractivity contribution is 0.0496. The molecule has 0 radical (unpaired) electrons. The van der Waals surface area contributed by atoms with E-state index in [1.165, 1.54) is 4.68 Å². The quantitative estimate of drug-likeness (QED) is 0.824. The molecule has 2 heterocycles. The van der Waals surface area contributed by atoms with Gasteiger partial charge in [0.15, 0.2) is 0 Å². The van der Waals surface area contributed by atoms with E-state index >= 15 is 0 Å². The zero-order chi connectivity index (χ0) is 14.5. The third-order valence-electron chi connectivity index (χ3n) is 3.03. The molecule has 1 aliphatic rings. The maximum atomic E-state index is 12.2. The van der Waals surface area contributed by atoms with Crippen molar-refractivity contribution in [3.63, 3.8) is 0 Å². The Hall–Kier alpha value is -0.960. The molecule has 8 heteroatoms. The molecule has 20 heavy (non-hydrogen) atoms. The predicted molar refractivity (Wildman–Crippen MR) is 80.8 cm³/mol. The lowest BCUT2D eigenvalue weighted by atomic mass is 10.4. The van der Waals surface area contributed by atoms with Gasteiger partial charge in [0.2, 0.25) is 0 Å². The van der Waals surface area contributed by atoms with Gasteiger partial charge in [-0.15, -0.1) is 0 Å². The zero-order valence-corrected chi connectivity index (χ0v) is 13.4. The minimum absolute atomic E-state index is 0.120. The Morgan fingerprint density at radius 3 is 2.80 bits per heavy atom. The molecule has 0 bridgehead atoms. The SMILES string of the molecule is CN(C)CCn1ncc(NN2CCOCC2)c(Br)c1=O. The number of nitrogens with one attached hydrogen (secondary N) is 1. The molecule has 1 aromatic rings. The first-order valence-electron chi connectivity index (χ1n) is 6.57. The highest BCUT2D eigenvalue weighted by molar-refractivity contribution is 9.10. The molecule has 112 valence electrons. The molecular formula is C12H20BrN5O2. The molecular weight excluding hydrogens is 326 g/mol. The fraction of sp³-hybridized carbons (Fsp3) is 0.667. The molecule has 7 nitrogen and oxygen atoms in total. The van der Waals surface area contributed by atoms with E-state index in [9.17, 15) is 4.79 Å². The van der Waals surface area contributed by atoms with Crippen LogP contribution in [0.1, 0.15) is 0 Å². The zero-order valence-electron chi connectivity index (χ0n) is 11.8. The van der Waals surface area contributed by atoms with E-state index in [2.05, 4.69) is 26.5 Å². The summed E-state index contributed by atoms with van der Waals surface area (Å²) in [4.78, 5) is 14.2. The van der Waals surface area contributed by atoms with Gasteiger partial charge >= 0.3 is 0 Å². The number of anilines is 1. The van der Waals surface area contributed by atoms with Crippen LogP contribution in [0.3, 0.4) is 0 Å². The van der Waals surface area contributed by atoms with Gasteiger partial charge in [-0.2, -0.15) is 5.10 Å². The maximum Gasteiger partial charge on any atom is 0.283 e. The van der Waals surface area contributed by atoms with Crippen molar-refractivity contribution in [1.29, 1.82) is 0 Å². The molecule has 0 unspecified atom stereocenters. The van der Waals surface area contributed by atoms with Crippen LogP contribution in [0.4, 0.5) is 5.69 Å². The third-order valence-corrected chi connectivity index (χ3v) is 3.80. The molecule has 1 saturated heterocycles. The van der Waals surface area contributed by atoms with E-state index in [-0.39, 0.29) is 5.56 Å². The van der Waals surface area contributed by atoms with Crippen molar-refractivity contribution in [1.82, 2.24) is 19.7 Å². The molecule has 0 atom stereocenters. The van der Waals surface area contributed by atoms with Gasteiger partial charge in [0.05, 0.1) is 31.6 Å². The van der Waals surface area contributed by atoms with Gasteiger partial charge in [0, 0.05) is 19.6 Å². The summed E-state index contributed by atoms with van der Waals surface area (Å²) < 4.78 is 7.26. The minimum atomic E-state index is -0.120. The highest BCUT2D eigenvalue weighted by atomic mass is 79.9. The summed E-state index contributed by atoms with van der Waals surface area (Å²) in [5.74, 6) is 0. The van der Waals surface area contributed by atoms with Crippen LogP contribution in [0, 0.1) is 0 Å². The number of hydrogen-bond donors (Lipinski definition) is 1. The van der Waals surface area contributed by atoms with Gasteiger partial charge in [-0.1, -0.05) is 0 Å². The van der Waals surface area contributed by atoms with Gasteiger partial charge in [-0.05, 0) is 30.0 Å². The van der Waals surface area contributed by atoms with Crippen molar-refractivity contribution < 1.29 is 4.74 Å². The van der Waals surface area contributed by atoms with Crippen molar-refractivity contribution >= 4 is 21.6 Å². The van der Waals surface area contributed by atoms with Crippen LogP contribution in [-0.2, 0) is 11.3 Å². The van der Waals surface area contributed by atoms with Gasteiger partial charge in [0.25, 0.3) is 5.56 Å². The second kappa shape index (κ2) is 7.16. The number of likely N-dealkylation sites (N-methyl/N-ethyl adjacent to an activating group) is 1. The Bertz CT molecular complexity index is 499. The molecule has 2 rings (SSSR count). The van der Waals surface area contributed by atoms with Crippen LogP contribution in [0.25, 0.3) is 0 Å². The molecule has 0 aliphatic carbocycles. The van der Waals surface area contributed by atoms with E-state index in [1.54, 1.807) is 6.20 Å². The fourth-order valence-corrected chi connectivity index (χ4v) is 2.24. The van der Waals surface area contributed by atoms with Crippen LogP contribution in [0.5, 0.6) is 0 Å². The lowest BCUT2D eigenvalue weighted by Crippen LogP contribution is -2.41. The number of rotatable bonds is 5. The van der Waals surface area contributed by atoms with E-state index in [4.69, 9.17) is 4.74 Å². The summed E-state index contributed by atoms with van der Waals surface area (Å²) in [6, 6.07) is 0. The van der Waals surface area contributed by atoms with Crippen LogP contribution in [0.2, 0.25) is 0 Å². The Kier molecular flexibility index (Phi) is 5.53. The number of hydrogen-bond acceptors (Lipinski definition) is 6. The molecule has 1 aromatic heterocycles. The van der Waals surface area contributed by atoms with Crippen LogP contribution in [-0.4, -0.2) is 66.6 Å². The topological polar surface area (TPSA) is 62.6 Å². The highest BCUT2D eigenvalue weighted by Gasteiger charge is 2.14. The van der Waals surface area contributed by atoms with Crippen LogP contribution in [0.15, 0.2) is 15.5 Å². The van der Waals surface area contributed by atoms with Gasteiger partial charge in [-0.25, -0.2) is 9.69 Å². The summed E-state index contributed by atoms with van der Waals surface area (Å²) in [5, 5.41) is 6.23. The first-order chi connectivity index (χ1) is 9.58. The van der Waals surface area contributed by atoms with Crippen molar-refractivity contribution in [2.75, 3.05) is 52.4 Å². The summed E-state index contributed by atoms with van der Waals surface area (Å²) in [6.45, 7) is 4.31. The fourth-order valence-electron chi connectivity index (χ4n) is 1.84. The highest BCUT2D eigenvalue weighted by Crippen LogP contribution is 2.17. The van der Waals surface area contributed by atoms with E-state index in [1.807, 2.05) is 24.0 Å². The third kappa shape index (κ3) is 4.02. The molecule has 0 aromatic carbocycles. The van der Waals surface area contributed by atoms with Gasteiger partial charge in [0.1, 0.15) is 4.47 Å². The second-order valence-corrected chi connectivity index (χ2v) is 5.71. The van der Waals surface area contributed by atoms with Crippen molar-refractivity contribution in [3.05, 3.63) is 21.0 Å². The Labute approximate surface area is 126 Å². The minimum Gasteiger partial charge on any atom is -0.379 e. The van der Waals surface area contributed by atoms with Crippen LogP contribution < -0.4 is 11.0 Å². The Morgan fingerprint density at radius 1 is 1.45 bits per heavy atom. The normalized spacial score (nSPS) is 16.6. The summed E-state index contributed by atoms with van der Waals surface area (Å²) in [6.07, 6.45) is 1.68. The largest absolute Gasteiger partial charge is 0.379 e. The smallest absolute Gasteiger partial charge is 0.283 e. The second-order valence-electron chi connectivity index (χ2n) is 4.92. The van der Waals surface area contributed by atoms with Gasteiger partial charge < -0.3 is 15.1 Å². The standard InChI is InChI=1S/C12H20BrN5O2/c1-16(2)3-4-18-12(19)11(13)10(9-14-18)15-17-5-7-20-8-6-17/h9,15H,3-8H2,1-2H3. The van der Waals surface area contributed by atoms with Crippen molar-refractivity contribution in [2.24, 2.45) is 0 Å². The molecule has 1 aliphatic heterocycles. The predicted octanol–water partition coefficient (Wildman–Crippen LogP) is 0.227. The summed E-state index contributed by atoms with van der Waals surface area (Å²) in [5.41, 5.74) is 3.77. The Morgan fingerprint density at radius 2 is 2.15 bits per heavy atom. The first-order valence-corrected chi connectivity index (χ1v) is 7.37. The first kappa shape index (κ1) is 15.4. The molecule has 1 fully saturated rings. The average Bonchev–Trinajstić information content (AvgIpc) is 2.44. The number of nitrogens with zero attached hydrogens (tertiary/aromatic N) is 4. The number of halogens is 1. The number of morpholine rings is 1. The lowest BCUT2D eigenvalue weighted by Gasteiger charge is -2.28. The molecule has 1 N–H and O–H groups in total. The van der Waals surface area contributed by atoms with Crippen molar-refractivity contribution in [3.8, 4) is 0 Å². The van der Waals surface area contributed by atoms with E-state index in [0.717, 1.165) is 19.6 Å². The summed E-state index contributed by atoms with van der Waals surface area (Å²) >= 11 is 3.36. The van der Waals surface area contributed by atoms with E-state index < -0.39 is 0 Å². The molecule has 0 spiro atoms.